The smallest absolute Gasteiger partial charge is 0.265 e. The van der Waals surface area contributed by atoms with Crippen LogP contribution in [0.25, 0.3) is 10.2 Å². The van der Waals surface area contributed by atoms with Crippen molar-refractivity contribution in [1.29, 1.82) is 0 Å². The number of benzene rings is 2. The summed E-state index contributed by atoms with van der Waals surface area (Å²) >= 11 is 1.20. The Morgan fingerprint density at radius 1 is 1.07 bits per heavy atom. The topological polar surface area (TPSA) is 46.9 Å². The quantitative estimate of drug-likeness (QED) is 0.516. The van der Waals surface area contributed by atoms with Crippen LogP contribution in [-0.2, 0) is 6.54 Å². The van der Waals surface area contributed by atoms with E-state index in [9.17, 15) is 18.0 Å². The lowest BCUT2D eigenvalue weighted by molar-refractivity contribution is 0.103. The number of anilines is 1. The molecule has 0 aliphatic rings. The van der Waals surface area contributed by atoms with Gasteiger partial charge in [-0.2, -0.15) is 5.10 Å². The SMILES string of the molecule is Cc1nn(Cc2ccc(F)cc2)c2sc(C(=O)Nc3cc(F)ccc3F)cc12. The van der Waals surface area contributed by atoms with Crippen LogP contribution in [0.5, 0.6) is 0 Å². The standard InChI is InChI=1S/C20H14F3N3OS/c1-11-15-9-18(19(27)24-17-8-14(22)6-7-16(17)23)28-20(15)26(25-11)10-12-2-4-13(21)5-3-12/h2-9H,10H2,1H3,(H,24,27). The first-order valence-electron chi connectivity index (χ1n) is 8.38. The molecule has 0 radical (unpaired) electrons. The third-order valence-electron chi connectivity index (χ3n) is 4.25. The van der Waals surface area contributed by atoms with E-state index < -0.39 is 17.5 Å². The Kier molecular flexibility index (Phi) is 4.64. The van der Waals surface area contributed by atoms with Crippen molar-refractivity contribution in [1.82, 2.24) is 9.78 Å². The molecule has 4 aromatic rings. The Morgan fingerprint density at radius 3 is 2.54 bits per heavy atom. The molecule has 0 saturated carbocycles. The van der Waals surface area contributed by atoms with Gasteiger partial charge in [0.1, 0.15) is 22.3 Å². The first-order valence-corrected chi connectivity index (χ1v) is 9.20. The lowest BCUT2D eigenvalue weighted by atomic mass is 10.2. The van der Waals surface area contributed by atoms with E-state index in [0.29, 0.717) is 11.4 Å². The molecule has 0 atom stereocenters. The van der Waals surface area contributed by atoms with E-state index in [2.05, 4.69) is 10.4 Å². The molecular formula is C20H14F3N3OS. The average molecular weight is 401 g/mol. The van der Waals surface area contributed by atoms with Crippen molar-refractivity contribution in [2.75, 3.05) is 5.32 Å². The molecular weight excluding hydrogens is 387 g/mol. The number of fused-ring (bicyclic) bond motifs is 1. The van der Waals surface area contributed by atoms with Crippen LogP contribution in [0.3, 0.4) is 0 Å². The summed E-state index contributed by atoms with van der Waals surface area (Å²) in [7, 11) is 0. The van der Waals surface area contributed by atoms with E-state index in [1.807, 2.05) is 6.92 Å². The minimum atomic E-state index is -0.713. The maximum atomic E-state index is 13.8. The number of halogens is 3. The fourth-order valence-electron chi connectivity index (χ4n) is 2.87. The zero-order valence-electron chi connectivity index (χ0n) is 14.7. The monoisotopic (exact) mass is 401 g/mol. The number of amides is 1. The van der Waals surface area contributed by atoms with E-state index in [1.165, 1.54) is 23.5 Å². The lowest BCUT2D eigenvalue weighted by Gasteiger charge is -2.05. The number of aromatic nitrogens is 2. The largest absolute Gasteiger partial charge is 0.319 e. The van der Waals surface area contributed by atoms with Crippen LogP contribution in [0.4, 0.5) is 18.9 Å². The van der Waals surface area contributed by atoms with Crippen molar-refractivity contribution in [2.45, 2.75) is 13.5 Å². The van der Waals surface area contributed by atoms with Gasteiger partial charge in [0, 0.05) is 11.5 Å². The molecule has 2 aromatic carbocycles. The van der Waals surface area contributed by atoms with Gasteiger partial charge < -0.3 is 5.32 Å². The zero-order chi connectivity index (χ0) is 19.8. The van der Waals surface area contributed by atoms with Crippen LogP contribution < -0.4 is 5.32 Å². The number of rotatable bonds is 4. The van der Waals surface area contributed by atoms with E-state index >= 15 is 0 Å². The van der Waals surface area contributed by atoms with Gasteiger partial charge in [0.2, 0.25) is 0 Å². The van der Waals surface area contributed by atoms with Crippen molar-refractivity contribution in [3.8, 4) is 0 Å². The first kappa shape index (κ1) is 18.2. The second kappa shape index (κ2) is 7.12. The summed E-state index contributed by atoms with van der Waals surface area (Å²) in [5, 5.41) is 7.67. The van der Waals surface area contributed by atoms with Gasteiger partial charge >= 0.3 is 0 Å². The second-order valence-electron chi connectivity index (χ2n) is 6.28. The van der Waals surface area contributed by atoms with Gasteiger partial charge in [0.25, 0.3) is 5.91 Å². The summed E-state index contributed by atoms with van der Waals surface area (Å²) in [5.41, 5.74) is 1.39. The van der Waals surface area contributed by atoms with Crippen LogP contribution in [0, 0.1) is 24.4 Å². The summed E-state index contributed by atoms with van der Waals surface area (Å²) in [6.07, 6.45) is 0. The van der Waals surface area contributed by atoms with Gasteiger partial charge in [-0.05, 0) is 42.8 Å². The Hall–Kier alpha value is -3.13. The van der Waals surface area contributed by atoms with Crippen LogP contribution in [-0.4, -0.2) is 15.7 Å². The fraction of sp³-hybridized carbons (Fsp3) is 0.100. The van der Waals surface area contributed by atoms with Crippen molar-refractivity contribution in [2.24, 2.45) is 0 Å². The van der Waals surface area contributed by atoms with Crippen LogP contribution >= 0.6 is 11.3 Å². The Balaban J connectivity index is 1.63. The predicted molar refractivity (Wildman–Crippen MR) is 102 cm³/mol. The van der Waals surface area contributed by atoms with E-state index in [4.69, 9.17) is 0 Å². The number of carbonyl (C=O) groups is 1. The van der Waals surface area contributed by atoms with Crippen LogP contribution in [0.1, 0.15) is 20.9 Å². The molecule has 0 aliphatic carbocycles. The minimum absolute atomic E-state index is 0.216. The normalized spacial score (nSPS) is 11.1. The summed E-state index contributed by atoms with van der Waals surface area (Å²) in [5.74, 6) is -2.20. The zero-order valence-corrected chi connectivity index (χ0v) is 15.5. The number of aryl methyl sites for hydroxylation is 1. The Labute approximate surface area is 162 Å². The number of nitrogens with one attached hydrogen (secondary N) is 1. The van der Waals surface area contributed by atoms with Crippen molar-refractivity contribution >= 4 is 33.1 Å². The van der Waals surface area contributed by atoms with Crippen LogP contribution in [0.2, 0.25) is 0 Å². The van der Waals surface area contributed by atoms with Crippen LogP contribution in [0.15, 0.2) is 48.5 Å². The highest BCUT2D eigenvalue weighted by Gasteiger charge is 2.18. The van der Waals surface area contributed by atoms with Crippen molar-refractivity contribution < 1.29 is 18.0 Å². The van der Waals surface area contributed by atoms with Gasteiger partial charge in [0.15, 0.2) is 0 Å². The van der Waals surface area contributed by atoms with E-state index in [0.717, 1.165) is 39.7 Å². The molecule has 2 heterocycles. The molecule has 0 bridgehead atoms. The number of carbonyl (C=O) groups excluding carboxylic acids is 1. The number of hydrogen-bond donors (Lipinski definition) is 1. The van der Waals surface area contributed by atoms with Crippen molar-refractivity contribution in [3.63, 3.8) is 0 Å². The summed E-state index contributed by atoms with van der Waals surface area (Å²) in [6, 6.07) is 10.7. The molecule has 0 fully saturated rings. The molecule has 1 amide bonds. The molecule has 142 valence electrons. The minimum Gasteiger partial charge on any atom is -0.319 e. The van der Waals surface area contributed by atoms with Gasteiger partial charge in [0.05, 0.1) is 22.8 Å². The molecule has 8 heteroatoms. The molecule has 28 heavy (non-hydrogen) atoms. The maximum absolute atomic E-state index is 13.8. The molecule has 4 rings (SSSR count). The third kappa shape index (κ3) is 3.50. The lowest BCUT2D eigenvalue weighted by Crippen LogP contribution is -2.11. The highest BCUT2D eigenvalue weighted by atomic mass is 32.1. The van der Waals surface area contributed by atoms with Gasteiger partial charge in [-0.25, -0.2) is 13.2 Å². The molecule has 0 spiro atoms. The molecule has 0 unspecified atom stereocenters. The van der Waals surface area contributed by atoms with E-state index in [-0.39, 0.29) is 11.5 Å². The highest BCUT2D eigenvalue weighted by Crippen LogP contribution is 2.30. The summed E-state index contributed by atoms with van der Waals surface area (Å²) < 4.78 is 41.9. The molecule has 2 aromatic heterocycles. The Morgan fingerprint density at radius 2 is 1.79 bits per heavy atom. The van der Waals surface area contributed by atoms with Gasteiger partial charge in [-0.1, -0.05) is 12.1 Å². The highest BCUT2D eigenvalue weighted by molar-refractivity contribution is 7.20. The molecule has 0 aliphatic heterocycles. The molecule has 4 nitrogen and oxygen atoms in total. The summed E-state index contributed by atoms with van der Waals surface area (Å²) in [6.45, 7) is 2.24. The summed E-state index contributed by atoms with van der Waals surface area (Å²) in [4.78, 5) is 13.6. The number of hydrogen-bond acceptors (Lipinski definition) is 3. The van der Waals surface area contributed by atoms with Crippen molar-refractivity contribution in [3.05, 3.63) is 82.1 Å². The third-order valence-corrected chi connectivity index (χ3v) is 5.40. The number of thiophene rings is 1. The first-order chi connectivity index (χ1) is 13.4. The Bertz CT molecular complexity index is 1180. The molecule has 1 N–H and O–H groups in total. The maximum Gasteiger partial charge on any atom is 0.265 e. The fourth-order valence-corrected chi connectivity index (χ4v) is 3.93. The van der Waals surface area contributed by atoms with Gasteiger partial charge in [-0.3, -0.25) is 9.48 Å². The van der Waals surface area contributed by atoms with Gasteiger partial charge in [-0.15, -0.1) is 11.3 Å². The second-order valence-corrected chi connectivity index (χ2v) is 7.31. The van der Waals surface area contributed by atoms with E-state index in [1.54, 1.807) is 22.9 Å². The predicted octanol–water partition coefficient (Wildman–Crippen LogP) is 5.12. The molecule has 0 saturated heterocycles. The number of nitrogens with zero attached hydrogens (tertiary/aromatic N) is 2. The average Bonchev–Trinajstić information content (AvgIpc) is 3.22.